The quantitative estimate of drug-likeness (QED) is 0.0228. The summed E-state index contributed by atoms with van der Waals surface area (Å²) in [4.78, 5) is 30.0. The van der Waals surface area contributed by atoms with Gasteiger partial charge in [0.25, 0.3) is 0 Å². The molecule has 0 saturated carbocycles. The van der Waals surface area contributed by atoms with E-state index in [9.17, 15) is 14.5 Å². The number of aliphatic hydroxyl groups excluding tert-OH is 2. The van der Waals surface area contributed by atoms with Gasteiger partial charge in [0.15, 0.2) is 17.2 Å². The van der Waals surface area contributed by atoms with Crippen molar-refractivity contribution in [3.05, 3.63) is 285 Å². The van der Waals surface area contributed by atoms with Crippen LogP contribution in [0.3, 0.4) is 0 Å². The van der Waals surface area contributed by atoms with Crippen molar-refractivity contribution in [2.45, 2.75) is 157 Å². The Labute approximate surface area is 671 Å². The number of likely N-dealkylation sites (N-methyl/N-ethyl adjacent to an activating group) is 4. The summed E-state index contributed by atoms with van der Waals surface area (Å²) >= 11 is 15.6. The summed E-state index contributed by atoms with van der Waals surface area (Å²) < 4.78 is 14.1. The van der Waals surface area contributed by atoms with E-state index in [0.29, 0.717) is 13.1 Å². The summed E-state index contributed by atoms with van der Waals surface area (Å²) in [6.45, 7) is 46.9. The smallest absolute Gasteiger partial charge is 0.377 e. The minimum absolute atomic E-state index is 0. The number of nitrogens with zero attached hydrogens (tertiary/aromatic N) is 6. The van der Waals surface area contributed by atoms with Crippen molar-refractivity contribution in [3.63, 3.8) is 0 Å². The lowest BCUT2D eigenvalue weighted by Crippen LogP contribution is -3.00. The fourth-order valence-corrected chi connectivity index (χ4v) is 16.5. The number of benzene rings is 6. The van der Waals surface area contributed by atoms with Crippen LogP contribution in [0.4, 0.5) is 34.1 Å². The molecule has 0 atom stereocenters. The number of hydrogen-bond acceptors (Lipinski definition) is 10. The maximum atomic E-state index is 13.0. The number of allylic oxidation sites excluding steroid dienone is 17. The van der Waals surface area contributed by atoms with Gasteiger partial charge in [-0.2, -0.15) is 9.15 Å². The summed E-state index contributed by atoms with van der Waals surface area (Å²) in [5.74, 6) is 0.0209. The highest BCUT2D eigenvalue weighted by Gasteiger charge is 2.47. The Balaban J connectivity index is 0.000000214. The molecule has 109 heavy (non-hydrogen) atoms. The van der Waals surface area contributed by atoms with Crippen molar-refractivity contribution in [2.75, 3.05) is 85.2 Å². The van der Waals surface area contributed by atoms with Gasteiger partial charge in [-0.3, -0.25) is 9.36 Å². The topological polar surface area (TPSA) is 152 Å². The second kappa shape index (κ2) is 37.5. The van der Waals surface area contributed by atoms with E-state index < -0.39 is 6.07 Å². The van der Waals surface area contributed by atoms with E-state index in [4.69, 9.17) is 27.3 Å². The van der Waals surface area contributed by atoms with E-state index in [2.05, 4.69) is 375 Å². The van der Waals surface area contributed by atoms with Gasteiger partial charge >= 0.3 is 6.07 Å². The lowest BCUT2D eigenvalue weighted by molar-refractivity contribution is -0.433. The predicted molar refractivity (Wildman–Crippen MR) is 459 cm³/mol. The highest BCUT2D eigenvalue weighted by Crippen LogP contribution is 2.53. The maximum absolute atomic E-state index is 13.0. The third-order valence-electron chi connectivity index (χ3n) is 21.7. The molecule has 6 N–H and O–H groups in total. The van der Waals surface area contributed by atoms with Crippen LogP contribution in [0.5, 0.6) is 0 Å². The summed E-state index contributed by atoms with van der Waals surface area (Å²) in [7, 11) is 0. The molecule has 0 fully saturated rings. The molecular weight excluding hydrogens is 1460 g/mol. The van der Waals surface area contributed by atoms with Gasteiger partial charge in [0, 0.05) is 159 Å². The van der Waals surface area contributed by atoms with E-state index in [-0.39, 0.29) is 63.9 Å². The molecule has 6 aliphatic heterocycles. The molecule has 0 aromatic heterocycles. The van der Waals surface area contributed by atoms with Crippen molar-refractivity contribution in [3.8, 4) is 0 Å². The number of fused-ring (bicyclic) bond motifs is 6. The van der Waals surface area contributed by atoms with Crippen molar-refractivity contribution in [1.82, 2.24) is 5.32 Å². The molecule has 6 heterocycles. The number of nitrogens with two attached hydrogens (primary N) is 1. The maximum Gasteiger partial charge on any atom is 0.377 e. The number of carbonyl (C=O) groups excluding carboxylic acids is 1. The van der Waals surface area contributed by atoms with Crippen LogP contribution in [0, 0.1) is 0 Å². The highest BCUT2D eigenvalue weighted by atomic mass is 35.9. The van der Waals surface area contributed by atoms with Crippen LogP contribution in [-0.4, -0.2) is 107 Å². The summed E-state index contributed by atoms with van der Waals surface area (Å²) in [6, 6.07) is 51.8. The number of ketones is 1. The number of para-hydroxylation sites is 6. The van der Waals surface area contributed by atoms with Gasteiger partial charge in [-0.25, -0.2) is 0 Å². The lowest BCUT2D eigenvalue weighted by atomic mass is 9.81. The largest absolute Gasteiger partial charge is 1.00 e. The SMILES string of the molecule is CCN1/C(=C/C=C/C(=O)/C=C2/N(CC)c3ccccc3C2(C)C)C(C)(C)c2ccccc21.CCN1C(=CC(=CC=CC2=[N+](CC)c3ccccc3C2(C)C)NCCO)C(C)(C)c2ccccc21.CCN1C(=CC(Cl)=CC=CC2=[N+](CC)c3ccccc3C2(C)C)C(C)(C)c2ccccc21.NCCO.O=P(O)(Cl)Cl.[Cl-]. The van der Waals surface area contributed by atoms with Crippen LogP contribution < -0.4 is 43.1 Å². The first-order valence-electron chi connectivity index (χ1n) is 38.0. The van der Waals surface area contributed by atoms with Crippen LogP contribution in [-0.2, 0) is 41.8 Å². The summed E-state index contributed by atoms with van der Waals surface area (Å²) in [6.07, 6.45) is 21.1. The lowest BCUT2D eigenvalue weighted by Gasteiger charge is -2.27. The van der Waals surface area contributed by atoms with Crippen LogP contribution in [0.25, 0.3) is 0 Å². The molecule has 0 saturated heterocycles. The molecule has 0 spiro atoms. The zero-order valence-corrected chi connectivity index (χ0v) is 71.2. The monoisotopic (exact) mass is 1570 g/mol. The molecule has 0 bridgehead atoms. The van der Waals surface area contributed by atoms with Crippen LogP contribution in [0.1, 0.15) is 158 Å². The van der Waals surface area contributed by atoms with Gasteiger partial charge in [0.05, 0.1) is 24.0 Å². The van der Waals surface area contributed by atoms with E-state index in [0.717, 1.165) is 55.7 Å². The molecule has 6 aromatic carbocycles. The van der Waals surface area contributed by atoms with Gasteiger partial charge < -0.3 is 58.2 Å². The van der Waals surface area contributed by atoms with Crippen molar-refractivity contribution in [1.29, 1.82) is 0 Å². The molecule has 582 valence electrons. The third-order valence-corrected chi connectivity index (χ3v) is 21.9. The van der Waals surface area contributed by atoms with E-state index in [1.54, 1.807) is 6.08 Å². The fraction of sp³-hybridized carbons (Fsp3) is 0.374. The Bertz CT molecular complexity index is 4640. The number of nitrogens with one attached hydrogen (secondary N) is 1. The van der Waals surface area contributed by atoms with E-state index in [1.165, 1.54) is 96.0 Å². The second-order valence-electron chi connectivity index (χ2n) is 30.5. The molecular formula is C91H116Cl4N8O5P+. The Kier molecular flexibility index (Phi) is 30.4. The Hall–Kier alpha value is -7.78. The van der Waals surface area contributed by atoms with Crippen LogP contribution >= 0.6 is 40.2 Å². The minimum Gasteiger partial charge on any atom is -1.00 e. The fourth-order valence-electron chi connectivity index (χ4n) is 16.3. The standard InChI is InChI=1S/C31H39N3O.C29H34ClN2.C29H34N2O.C2H7NO.Cl2HO2P.ClH/c1-7-33-26-17-11-9-15-24(26)30(3,4)28(33)19-13-14-23(32-20-21-35)22-29-31(5,6)25-16-10-12-18-27(25)34(29)8-2;1-7-31-24-17-11-9-15-22(24)28(3,4)26(31)19-13-14-21(30)20-27-29(5,6)23-16-10-12-18-25(23)32(27)8-2;1-7-30-24-17-11-9-15-22(24)28(3,4)26(30)19-13-14-21(32)20-27-29(5,6)23-16-10-12-18-25(23)31(27)8-2;3-1-2-4;1-5(2,3)4;/h9-19,22,35H,7-8,20-21H2,1-6H3;2*9-20H,7-8H2,1-6H3;4H,1-3H2;(H,3,4);1H/q;+1;;;;/b;;14-13+,26-19+,27-20+;;;. The van der Waals surface area contributed by atoms with Gasteiger partial charge in [-0.15, -0.1) is 0 Å². The number of halogens is 4. The van der Waals surface area contributed by atoms with Crippen molar-refractivity contribution < 1.29 is 46.0 Å². The van der Waals surface area contributed by atoms with Gasteiger partial charge in [-0.1, -0.05) is 194 Å². The first kappa shape index (κ1) is 88.4. The Morgan fingerprint density at radius 2 is 0.780 bits per heavy atom. The highest BCUT2D eigenvalue weighted by molar-refractivity contribution is 8.04. The summed E-state index contributed by atoms with van der Waals surface area (Å²) in [5.41, 5.74) is 28.3. The number of anilines is 4. The van der Waals surface area contributed by atoms with E-state index >= 15 is 0 Å². The van der Waals surface area contributed by atoms with Crippen LogP contribution in [0.15, 0.2) is 252 Å². The first-order chi connectivity index (χ1) is 51.1. The predicted octanol–water partition coefficient (Wildman–Crippen LogP) is 17.3. The van der Waals surface area contributed by atoms with Gasteiger partial charge in [0.1, 0.15) is 13.1 Å². The molecule has 12 rings (SSSR count). The number of aliphatic hydroxyl groups is 2. The zero-order valence-electron chi connectivity index (χ0n) is 67.2. The number of hydrogen-bond donors (Lipinski definition) is 5. The molecule has 0 aliphatic carbocycles. The molecule has 0 unspecified atom stereocenters. The van der Waals surface area contributed by atoms with Gasteiger partial charge in [-0.05, 0) is 175 Å². The second-order valence-corrected chi connectivity index (χ2v) is 35.1. The molecule has 18 heteroatoms. The molecule has 6 aromatic rings. The molecule has 6 aliphatic rings. The van der Waals surface area contributed by atoms with Crippen molar-refractivity contribution >= 4 is 91.5 Å². The van der Waals surface area contributed by atoms with E-state index in [1.807, 2.05) is 18.2 Å². The average molecular weight is 1570 g/mol. The first-order valence-corrected chi connectivity index (χ1v) is 41.9. The number of rotatable bonds is 19. The third kappa shape index (κ3) is 19.1. The van der Waals surface area contributed by atoms with Crippen LogP contribution in [0.2, 0.25) is 0 Å². The van der Waals surface area contributed by atoms with Crippen molar-refractivity contribution in [2.24, 2.45) is 5.73 Å². The molecule has 13 nitrogen and oxygen atoms in total. The van der Waals surface area contributed by atoms with Gasteiger partial charge in [0.2, 0.25) is 11.4 Å². The Morgan fingerprint density at radius 1 is 0.468 bits per heavy atom. The normalized spacial score (nSPS) is 19.2. The summed E-state index contributed by atoms with van der Waals surface area (Å²) in [5, 5.41) is 21.4. The molecule has 0 amide bonds. The molecule has 0 radical (unpaired) electrons. The number of carbonyl (C=O) groups is 1. The zero-order chi connectivity index (χ0) is 79.3. The average Bonchev–Trinajstić information content (AvgIpc) is 1.66. The minimum atomic E-state index is -3.69. The Morgan fingerprint density at radius 3 is 1.13 bits per heavy atom.